The van der Waals surface area contributed by atoms with Crippen molar-refractivity contribution in [3.63, 3.8) is 0 Å². The second-order valence-electron chi connectivity index (χ2n) is 5.29. The number of hydrogen-bond acceptors (Lipinski definition) is 4. The molecule has 1 unspecified atom stereocenters. The van der Waals surface area contributed by atoms with Crippen molar-refractivity contribution in [2.45, 2.75) is 26.4 Å². The largest absolute Gasteiger partial charge is 0.363 e. The van der Waals surface area contributed by atoms with E-state index < -0.39 is 0 Å². The second-order valence-corrected chi connectivity index (χ2v) is 5.29. The van der Waals surface area contributed by atoms with E-state index in [1.54, 1.807) is 6.20 Å². The molecular formula is C15H23N5. The molecule has 1 N–H and O–H groups in total. The predicted molar refractivity (Wildman–Crippen MR) is 81.8 cm³/mol. The lowest BCUT2D eigenvalue weighted by molar-refractivity contribution is 0.571. The van der Waals surface area contributed by atoms with Gasteiger partial charge in [-0.25, -0.2) is 0 Å². The summed E-state index contributed by atoms with van der Waals surface area (Å²) in [6, 6.07) is 4.32. The van der Waals surface area contributed by atoms with Crippen molar-refractivity contribution in [1.29, 1.82) is 0 Å². The topological polar surface area (TPSA) is 46.0 Å². The highest BCUT2D eigenvalue weighted by atomic mass is 15.4. The summed E-state index contributed by atoms with van der Waals surface area (Å²) < 4.78 is 1.93. The number of nitrogens with one attached hydrogen (secondary N) is 1. The Kier molecular flexibility index (Phi) is 4.39. The first-order valence-electron chi connectivity index (χ1n) is 6.83. The zero-order valence-electron chi connectivity index (χ0n) is 12.9. The molecule has 5 nitrogen and oxygen atoms in total. The monoisotopic (exact) mass is 273 g/mol. The smallest absolute Gasteiger partial charge is 0.130 e. The Morgan fingerprint density at radius 1 is 1.40 bits per heavy atom. The first-order chi connectivity index (χ1) is 9.50. The van der Waals surface area contributed by atoms with Crippen LogP contribution in [0.2, 0.25) is 0 Å². The molecule has 20 heavy (non-hydrogen) atoms. The fourth-order valence-electron chi connectivity index (χ4n) is 2.46. The van der Waals surface area contributed by atoms with Crippen LogP contribution in [0.4, 0.5) is 5.82 Å². The molecule has 1 atom stereocenters. The number of hydrogen-bond donors (Lipinski definition) is 1. The third-order valence-corrected chi connectivity index (χ3v) is 3.51. The Labute approximate surface area is 120 Å². The summed E-state index contributed by atoms with van der Waals surface area (Å²) >= 11 is 0. The minimum atomic E-state index is 0.262. The lowest BCUT2D eigenvalue weighted by atomic mass is 10.1. The van der Waals surface area contributed by atoms with Crippen LogP contribution in [0.5, 0.6) is 0 Å². The van der Waals surface area contributed by atoms with Gasteiger partial charge < -0.3 is 10.2 Å². The highest BCUT2D eigenvalue weighted by molar-refractivity contribution is 5.48. The molecule has 5 heteroatoms. The number of pyridine rings is 1. The molecule has 0 spiro atoms. The van der Waals surface area contributed by atoms with E-state index in [0.29, 0.717) is 0 Å². The Bertz CT molecular complexity index is 559. The molecule has 0 radical (unpaired) electrons. The zero-order valence-corrected chi connectivity index (χ0v) is 12.9. The first kappa shape index (κ1) is 14.5. The van der Waals surface area contributed by atoms with Gasteiger partial charge in [0.2, 0.25) is 0 Å². The molecule has 108 valence electrons. The molecule has 2 heterocycles. The van der Waals surface area contributed by atoms with Crippen LogP contribution < -0.4 is 10.2 Å². The molecule has 0 amide bonds. The van der Waals surface area contributed by atoms with Gasteiger partial charge in [-0.1, -0.05) is 6.07 Å². The standard InChI is InChI=1S/C15H23N5/c1-11(13-7-6-8-16-9-13)17-10-14-12(2)18-20(5)15(14)19(3)4/h6-9,11,17H,10H2,1-5H3. The van der Waals surface area contributed by atoms with E-state index in [-0.39, 0.29) is 6.04 Å². The van der Waals surface area contributed by atoms with Crippen molar-refractivity contribution >= 4 is 5.82 Å². The van der Waals surface area contributed by atoms with Crippen LogP contribution in [0, 0.1) is 6.92 Å². The van der Waals surface area contributed by atoms with E-state index in [4.69, 9.17) is 0 Å². The fourth-order valence-corrected chi connectivity index (χ4v) is 2.46. The lowest BCUT2D eigenvalue weighted by Crippen LogP contribution is -2.21. The van der Waals surface area contributed by atoms with Crippen LogP contribution in [0.1, 0.15) is 29.8 Å². The summed E-state index contributed by atoms with van der Waals surface area (Å²) in [6.07, 6.45) is 3.70. The molecule has 0 aromatic carbocycles. The van der Waals surface area contributed by atoms with Crippen LogP contribution in [-0.4, -0.2) is 28.9 Å². The van der Waals surface area contributed by atoms with Crippen LogP contribution in [0.15, 0.2) is 24.5 Å². The minimum absolute atomic E-state index is 0.262. The minimum Gasteiger partial charge on any atom is -0.363 e. The van der Waals surface area contributed by atoms with Crippen molar-refractivity contribution in [3.05, 3.63) is 41.3 Å². The van der Waals surface area contributed by atoms with Crippen LogP contribution >= 0.6 is 0 Å². The quantitative estimate of drug-likeness (QED) is 0.905. The first-order valence-corrected chi connectivity index (χ1v) is 6.83. The van der Waals surface area contributed by atoms with Gasteiger partial charge in [-0.15, -0.1) is 0 Å². The molecule has 2 rings (SSSR count). The van der Waals surface area contributed by atoms with E-state index in [9.17, 15) is 0 Å². The molecular weight excluding hydrogens is 250 g/mol. The summed E-state index contributed by atoms with van der Waals surface area (Å²) in [7, 11) is 6.07. The maximum absolute atomic E-state index is 4.51. The van der Waals surface area contributed by atoms with Gasteiger partial charge >= 0.3 is 0 Å². The molecule has 0 saturated carbocycles. The summed E-state index contributed by atoms with van der Waals surface area (Å²) in [6.45, 7) is 5.00. The number of anilines is 1. The van der Waals surface area contributed by atoms with Crippen molar-refractivity contribution in [3.8, 4) is 0 Å². The third-order valence-electron chi connectivity index (χ3n) is 3.51. The Morgan fingerprint density at radius 2 is 2.15 bits per heavy atom. The van der Waals surface area contributed by atoms with Gasteiger partial charge in [0.15, 0.2) is 0 Å². The molecule has 2 aromatic rings. The van der Waals surface area contributed by atoms with Crippen molar-refractivity contribution in [2.24, 2.45) is 7.05 Å². The van der Waals surface area contributed by atoms with Crippen LogP contribution in [-0.2, 0) is 13.6 Å². The SMILES string of the molecule is Cc1nn(C)c(N(C)C)c1CNC(C)c1cccnc1. The van der Waals surface area contributed by atoms with Gasteiger partial charge in [-0.3, -0.25) is 9.67 Å². The molecule has 0 fully saturated rings. The maximum Gasteiger partial charge on any atom is 0.130 e. The average Bonchev–Trinajstić information content (AvgIpc) is 2.71. The van der Waals surface area contributed by atoms with Gasteiger partial charge in [-0.05, 0) is 25.5 Å². The lowest BCUT2D eigenvalue weighted by Gasteiger charge is -2.18. The molecule has 2 aromatic heterocycles. The number of aryl methyl sites for hydroxylation is 2. The highest BCUT2D eigenvalue weighted by Gasteiger charge is 2.15. The molecule has 0 bridgehead atoms. The highest BCUT2D eigenvalue weighted by Crippen LogP contribution is 2.22. The van der Waals surface area contributed by atoms with Gasteiger partial charge in [0, 0.05) is 51.7 Å². The number of aromatic nitrogens is 3. The summed E-state index contributed by atoms with van der Waals surface area (Å²) in [5.41, 5.74) is 3.51. The second kappa shape index (κ2) is 6.05. The average molecular weight is 273 g/mol. The normalized spacial score (nSPS) is 12.4. The van der Waals surface area contributed by atoms with E-state index >= 15 is 0 Å². The summed E-state index contributed by atoms with van der Waals surface area (Å²) in [4.78, 5) is 6.27. The molecule has 0 aliphatic rings. The Hall–Kier alpha value is -1.88. The number of rotatable bonds is 5. The van der Waals surface area contributed by atoms with E-state index in [2.05, 4.69) is 40.2 Å². The van der Waals surface area contributed by atoms with E-state index in [1.165, 1.54) is 11.1 Å². The summed E-state index contributed by atoms with van der Waals surface area (Å²) in [5, 5.41) is 8.05. The fraction of sp³-hybridized carbons (Fsp3) is 0.467. The number of nitrogens with zero attached hydrogens (tertiary/aromatic N) is 4. The Balaban J connectivity index is 2.12. The predicted octanol–water partition coefficient (Wildman–Crippen LogP) is 2.04. The van der Waals surface area contributed by atoms with Gasteiger partial charge in [0.05, 0.1) is 5.69 Å². The third kappa shape index (κ3) is 2.99. The maximum atomic E-state index is 4.51. The van der Waals surface area contributed by atoms with Gasteiger partial charge in [0.25, 0.3) is 0 Å². The van der Waals surface area contributed by atoms with Crippen molar-refractivity contribution < 1.29 is 0 Å². The van der Waals surface area contributed by atoms with Crippen LogP contribution in [0.3, 0.4) is 0 Å². The van der Waals surface area contributed by atoms with Crippen molar-refractivity contribution in [1.82, 2.24) is 20.1 Å². The molecule has 0 saturated heterocycles. The Morgan fingerprint density at radius 3 is 2.75 bits per heavy atom. The summed E-state index contributed by atoms with van der Waals surface area (Å²) in [5.74, 6) is 1.15. The molecule has 0 aliphatic heterocycles. The van der Waals surface area contributed by atoms with E-state index in [0.717, 1.165) is 18.1 Å². The zero-order chi connectivity index (χ0) is 14.7. The van der Waals surface area contributed by atoms with Crippen molar-refractivity contribution in [2.75, 3.05) is 19.0 Å². The van der Waals surface area contributed by atoms with Gasteiger partial charge in [-0.2, -0.15) is 5.10 Å². The molecule has 0 aliphatic carbocycles. The van der Waals surface area contributed by atoms with Crippen LogP contribution in [0.25, 0.3) is 0 Å². The van der Waals surface area contributed by atoms with E-state index in [1.807, 2.05) is 38.1 Å². The van der Waals surface area contributed by atoms with Gasteiger partial charge in [0.1, 0.15) is 5.82 Å².